The lowest BCUT2D eigenvalue weighted by molar-refractivity contribution is -0.123. The number of hydrogen-bond acceptors (Lipinski definition) is 7. The molecule has 2 aliphatic heterocycles. The molecule has 3 aromatic rings. The summed E-state index contributed by atoms with van der Waals surface area (Å²) < 4.78 is 18.8. The zero-order chi connectivity index (χ0) is 26.3. The minimum Gasteiger partial charge on any atom is -0.462 e. The smallest absolute Gasteiger partial charge is 0.338 e. The maximum absolute atomic E-state index is 13.8. The largest absolute Gasteiger partial charge is 0.462 e. The Labute approximate surface area is 225 Å². The Hall–Kier alpha value is -3.24. The fourth-order valence-corrected chi connectivity index (χ4v) is 10.2. The quantitative estimate of drug-likeness (QED) is 0.382. The molecule has 2 aromatic carbocycles. The lowest BCUT2D eigenvalue weighted by atomic mass is 9.68. The number of amides is 2. The number of nitrogens with zero attached hydrogens (tertiary/aromatic N) is 1. The van der Waals surface area contributed by atoms with Gasteiger partial charge in [-0.1, -0.05) is 23.5 Å². The first kappa shape index (κ1) is 23.8. The SMILES string of the molecule is CCOC(=O)c1ccc(N2C(=O)C3C(C2=O)[C@@H]2C[C@H]3C3Sc4[nH]c(=O)sc4C(c4ccc(F)cc4)C32)cc1. The number of thiazole rings is 1. The Morgan fingerprint density at radius 1 is 1.03 bits per heavy atom. The number of aromatic nitrogens is 1. The number of hydrogen-bond donors (Lipinski definition) is 1. The number of H-pyrrole nitrogens is 1. The zero-order valence-electron chi connectivity index (χ0n) is 20.3. The molecule has 0 spiro atoms. The van der Waals surface area contributed by atoms with E-state index < -0.39 is 17.8 Å². The molecule has 10 heteroatoms. The van der Waals surface area contributed by atoms with Crippen molar-refractivity contribution in [1.29, 1.82) is 0 Å². The van der Waals surface area contributed by atoms with E-state index in [1.54, 1.807) is 55.1 Å². The molecule has 194 valence electrons. The molecule has 1 saturated heterocycles. The van der Waals surface area contributed by atoms with Gasteiger partial charge < -0.3 is 9.72 Å². The zero-order valence-corrected chi connectivity index (χ0v) is 21.9. The highest BCUT2D eigenvalue weighted by molar-refractivity contribution is 8.00. The predicted octanol–water partition coefficient (Wildman–Crippen LogP) is 4.43. The normalized spacial score (nSPS) is 30.8. The second kappa shape index (κ2) is 8.64. The van der Waals surface area contributed by atoms with Crippen molar-refractivity contribution in [2.45, 2.75) is 29.5 Å². The standard InChI is InChI=1S/C28H23FN2O5S2/c1-2-36-27(34)13-5-9-15(10-6-13)31-25(32)20-16-11-17(21(20)26(31)33)22-19(16)18(12-3-7-14(29)8-4-12)23-24(37-22)30-28(35)38-23/h3-10,16-22H,2,11H2,1H3,(H,30,35)/t16-,17-,18?,19?,20?,21?,22?/m1/s1. The van der Waals surface area contributed by atoms with Crippen LogP contribution in [0, 0.1) is 35.4 Å². The van der Waals surface area contributed by atoms with Crippen molar-refractivity contribution >= 4 is 46.6 Å². The highest BCUT2D eigenvalue weighted by atomic mass is 32.2. The molecule has 5 unspecified atom stereocenters. The Balaban J connectivity index is 1.25. The number of carbonyl (C=O) groups is 3. The van der Waals surface area contributed by atoms with Crippen molar-refractivity contribution in [3.63, 3.8) is 0 Å². The number of esters is 1. The van der Waals surface area contributed by atoms with Gasteiger partial charge in [0.1, 0.15) is 5.82 Å². The first-order chi connectivity index (χ1) is 18.4. The molecule has 4 aliphatic rings. The number of benzene rings is 2. The fourth-order valence-electron chi connectivity index (χ4n) is 7.28. The Kier molecular flexibility index (Phi) is 5.42. The summed E-state index contributed by atoms with van der Waals surface area (Å²) in [4.78, 5) is 57.0. The van der Waals surface area contributed by atoms with E-state index in [1.807, 2.05) is 0 Å². The van der Waals surface area contributed by atoms with Crippen LogP contribution in [0.5, 0.6) is 0 Å². The summed E-state index contributed by atoms with van der Waals surface area (Å²) in [6.45, 7) is 1.99. The van der Waals surface area contributed by atoms with Crippen LogP contribution in [0.1, 0.15) is 40.1 Å². The molecule has 7 rings (SSSR count). The van der Waals surface area contributed by atoms with E-state index in [-0.39, 0.29) is 58.0 Å². The third kappa shape index (κ3) is 3.32. The predicted molar refractivity (Wildman–Crippen MR) is 140 cm³/mol. The van der Waals surface area contributed by atoms with E-state index in [2.05, 4.69) is 4.98 Å². The van der Waals surface area contributed by atoms with Crippen molar-refractivity contribution < 1.29 is 23.5 Å². The third-order valence-electron chi connectivity index (χ3n) is 8.59. The molecule has 3 heterocycles. The van der Waals surface area contributed by atoms with Gasteiger partial charge in [-0.3, -0.25) is 19.3 Å². The summed E-state index contributed by atoms with van der Waals surface area (Å²) in [7, 11) is 0. The second-order valence-corrected chi connectivity index (χ2v) is 12.5. The fraction of sp³-hybridized carbons (Fsp3) is 0.357. The van der Waals surface area contributed by atoms with Crippen molar-refractivity contribution in [2.24, 2.45) is 29.6 Å². The number of rotatable bonds is 4. The molecule has 2 saturated carbocycles. The maximum atomic E-state index is 13.8. The summed E-state index contributed by atoms with van der Waals surface area (Å²) in [6, 6.07) is 12.8. The molecule has 38 heavy (non-hydrogen) atoms. The van der Waals surface area contributed by atoms with Crippen molar-refractivity contribution in [3.8, 4) is 0 Å². The van der Waals surface area contributed by atoms with E-state index >= 15 is 0 Å². The van der Waals surface area contributed by atoms with Gasteiger partial charge in [0, 0.05) is 16.0 Å². The van der Waals surface area contributed by atoms with Gasteiger partial charge in [-0.2, -0.15) is 0 Å². The van der Waals surface area contributed by atoms with Crippen LogP contribution in [0.15, 0.2) is 58.4 Å². The number of halogens is 1. The molecule has 3 fully saturated rings. The number of aromatic amines is 1. The average molecular weight is 551 g/mol. The number of thioether (sulfide) groups is 1. The van der Waals surface area contributed by atoms with Crippen LogP contribution in [0.25, 0.3) is 0 Å². The lowest BCUT2D eigenvalue weighted by Crippen LogP contribution is -2.42. The van der Waals surface area contributed by atoms with E-state index in [0.29, 0.717) is 11.3 Å². The van der Waals surface area contributed by atoms with Crippen LogP contribution >= 0.6 is 23.1 Å². The van der Waals surface area contributed by atoms with Gasteiger partial charge in [0.25, 0.3) is 0 Å². The number of anilines is 1. The summed E-state index contributed by atoms with van der Waals surface area (Å²) in [5, 5.41) is 0.889. The van der Waals surface area contributed by atoms with Crippen molar-refractivity contribution in [2.75, 3.05) is 11.5 Å². The first-order valence-corrected chi connectivity index (χ1v) is 14.4. The monoisotopic (exact) mass is 550 g/mol. The first-order valence-electron chi connectivity index (χ1n) is 12.7. The van der Waals surface area contributed by atoms with Crippen LogP contribution < -0.4 is 9.77 Å². The molecule has 2 aliphatic carbocycles. The molecule has 7 atom stereocenters. The summed E-state index contributed by atoms with van der Waals surface area (Å²) in [5.74, 6) is -2.13. The summed E-state index contributed by atoms with van der Waals surface area (Å²) in [5.41, 5.74) is 1.74. The van der Waals surface area contributed by atoms with Crippen LogP contribution in [0.4, 0.5) is 10.1 Å². The highest BCUT2D eigenvalue weighted by Gasteiger charge is 2.69. The van der Waals surface area contributed by atoms with Gasteiger partial charge in [-0.15, -0.1) is 11.8 Å². The molecular formula is C28H23FN2O5S2. The maximum Gasteiger partial charge on any atom is 0.338 e. The van der Waals surface area contributed by atoms with Crippen LogP contribution in [-0.2, 0) is 14.3 Å². The number of nitrogens with one attached hydrogen (secondary N) is 1. The van der Waals surface area contributed by atoms with Gasteiger partial charge in [0.05, 0.1) is 34.7 Å². The molecule has 2 bridgehead atoms. The minimum atomic E-state index is -0.452. The Morgan fingerprint density at radius 3 is 2.39 bits per heavy atom. The minimum absolute atomic E-state index is 0.000226. The number of fused-ring (bicyclic) bond motifs is 9. The summed E-state index contributed by atoms with van der Waals surface area (Å²) >= 11 is 2.80. The molecule has 1 aromatic heterocycles. The second-order valence-electron chi connectivity index (χ2n) is 10.3. The van der Waals surface area contributed by atoms with Crippen LogP contribution in [-0.4, -0.2) is 34.6 Å². The van der Waals surface area contributed by atoms with E-state index in [0.717, 1.165) is 21.9 Å². The van der Waals surface area contributed by atoms with Crippen molar-refractivity contribution in [1.82, 2.24) is 4.98 Å². The van der Waals surface area contributed by atoms with E-state index in [1.165, 1.54) is 28.4 Å². The Morgan fingerprint density at radius 2 is 1.71 bits per heavy atom. The molecule has 2 amide bonds. The Bertz CT molecular complexity index is 1530. The third-order valence-corrected chi connectivity index (χ3v) is 11.2. The van der Waals surface area contributed by atoms with Crippen LogP contribution in [0.3, 0.4) is 0 Å². The van der Waals surface area contributed by atoms with Crippen LogP contribution in [0.2, 0.25) is 0 Å². The molecule has 1 N–H and O–H groups in total. The molecular weight excluding hydrogens is 527 g/mol. The summed E-state index contributed by atoms with van der Waals surface area (Å²) in [6.07, 6.45) is 0.779. The highest BCUT2D eigenvalue weighted by Crippen LogP contribution is 2.68. The van der Waals surface area contributed by atoms with Gasteiger partial charge in [0.15, 0.2) is 0 Å². The number of ether oxygens (including phenoxy) is 1. The molecule has 0 radical (unpaired) electrons. The van der Waals surface area contributed by atoms with E-state index in [4.69, 9.17) is 4.74 Å². The van der Waals surface area contributed by atoms with Crippen molar-refractivity contribution in [3.05, 3.63) is 80.0 Å². The van der Waals surface area contributed by atoms with E-state index in [9.17, 15) is 23.6 Å². The number of carbonyl (C=O) groups excluding carboxylic acids is 3. The number of imide groups is 1. The molecule has 7 nitrogen and oxygen atoms in total. The van der Waals surface area contributed by atoms with Gasteiger partial charge >= 0.3 is 10.8 Å². The van der Waals surface area contributed by atoms with Gasteiger partial charge in [0.2, 0.25) is 11.8 Å². The topological polar surface area (TPSA) is 96.5 Å². The van der Waals surface area contributed by atoms with Gasteiger partial charge in [-0.25, -0.2) is 9.18 Å². The average Bonchev–Trinajstić information content (AvgIpc) is 3.64. The lowest BCUT2D eigenvalue weighted by Gasteiger charge is -2.43. The van der Waals surface area contributed by atoms with Gasteiger partial charge in [-0.05, 0) is 73.1 Å².